The normalized spacial score (nSPS) is 16.5. The van der Waals surface area contributed by atoms with Crippen LogP contribution in [-0.2, 0) is 0 Å². The predicted octanol–water partition coefficient (Wildman–Crippen LogP) is 3.15. The number of carbonyl (C=O) groups excluding carboxylic acids is 1. The lowest BCUT2D eigenvalue weighted by Gasteiger charge is -2.35. The van der Waals surface area contributed by atoms with Gasteiger partial charge in [0.15, 0.2) is 0 Å². The van der Waals surface area contributed by atoms with Crippen LogP contribution in [0.3, 0.4) is 0 Å². The largest absolute Gasteiger partial charge is 0.352 e. The molecule has 5 rings (SSSR count). The van der Waals surface area contributed by atoms with E-state index in [1.807, 2.05) is 23.1 Å². The first kappa shape index (κ1) is 20.6. The molecule has 2 aliphatic rings. The summed E-state index contributed by atoms with van der Waals surface area (Å²) in [5.41, 5.74) is 2.38. The third-order valence-electron chi connectivity index (χ3n) is 5.92. The Morgan fingerprint density at radius 2 is 1.69 bits per heavy atom. The standard InChI is InChI=1S/C23H24ClN7O/c24-19-14-18(22(32)30-8-1-2-9-30)16-27-21(19)29-10-12-31(13-11-29)23-26-7-5-20(28-23)17-4-3-6-25-15-17/h3-7,14-16H,1-2,8-13H2. The van der Waals surface area contributed by atoms with E-state index < -0.39 is 0 Å². The van der Waals surface area contributed by atoms with Crippen molar-refractivity contribution in [3.05, 3.63) is 59.6 Å². The molecule has 0 aromatic carbocycles. The van der Waals surface area contributed by atoms with Crippen LogP contribution in [0.4, 0.5) is 11.8 Å². The van der Waals surface area contributed by atoms with Crippen molar-refractivity contribution < 1.29 is 4.79 Å². The van der Waals surface area contributed by atoms with Gasteiger partial charge < -0.3 is 14.7 Å². The fourth-order valence-electron chi connectivity index (χ4n) is 4.18. The molecule has 1 amide bonds. The van der Waals surface area contributed by atoms with Gasteiger partial charge in [-0.15, -0.1) is 0 Å². The number of aromatic nitrogens is 4. The topological polar surface area (TPSA) is 78.4 Å². The van der Waals surface area contributed by atoms with E-state index in [0.717, 1.165) is 63.4 Å². The highest BCUT2D eigenvalue weighted by Gasteiger charge is 2.24. The average molecular weight is 450 g/mol. The van der Waals surface area contributed by atoms with Gasteiger partial charge in [-0.3, -0.25) is 9.78 Å². The number of halogens is 1. The Labute approximate surface area is 191 Å². The Bertz CT molecular complexity index is 1100. The van der Waals surface area contributed by atoms with E-state index in [1.165, 1.54) is 0 Å². The second-order valence-electron chi connectivity index (χ2n) is 7.99. The molecule has 0 spiro atoms. The van der Waals surface area contributed by atoms with Crippen molar-refractivity contribution in [1.29, 1.82) is 0 Å². The van der Waals surface area contributed by atoms with Gasteiger partial charge in [0.05, 0.1) is 16.3 Å². The quantitative estimate of drug-likeness (QED) is 0.605. The molecule has 164 valence electrons. The van der Waals surface area contributed by atoms with Crippen LogP contribution in [0.5, 0.6) is 0 Å². The maximum absolute atomic E-state index is 12.6. The maximum Gasteiger partial charge on any atom is 0.255 e. The summed E-state index contributed by atoms with van der Waals surface area (Å²) >= 11 is 6.54. The van der Waals surface area contributed by atoms with E-state index in [9.17, 15) is 4.79 Å². The minimum atomic E-state index is 0.0129. The molecule has 0 unspecified atom stereocenters. The van der Waals surface area contributed by atoms with Gasteiger partial charge in [-0.2, -0.15) is 0 Å². The lowest BCUT2D eigenvalue weighted by atomic mass is 10.2. The highest BCUT2D eigenvalue weighted by atomic mass is 35.5. The number of carbonyl (C=O) groups is 1. The van der Waals surface area contributed by atoms with Crippen molar-refractivity contribution >= 4 is 29.3 Å². The van der Waals surface area contributed by atoms with E-state index >= 15 is 0 Å². The molecule has 32 heavy (non-hydrogen) atoms. The molecular weight excluding hydrogens is 426 g/mol. The summed E-state index contributed by atoms with van der Waals surface area (Å²) in [4.78, 5) is 36.7. The van der Waals surface area contributed by atoms with Crippen molar-refractivity contribution in [1.82, 2.24) is 24.8 Å². The predicted molar refractivity (Wildman–Crippen MR) is 124 cm³/mol. The Kier molecular flexibility index (Phi) is 5.85. The molecule has 2 fully saturated rings. The van der Waals surface area contributed by atoms with E-state index in [1.54, 1.807) is 30.9 Å². The zero-order chi connectivity index (χ0) is 21.9. The Hall–Kier alpha value is -3.26. The highest BCUT2D eigenvalue weighted by Crippen LogP contribution is 2.27. The third-order valence-corrected chi connectivity index (χ3v) is 6.20. The lowest BCUT2D eigenvalue weighted by molar-refractivity contribution is 0.0792. The van der Waals surface area contributed by atoms with E-state index in [-0.39, 0.29) is 5.91 Å². The summed E-state index contributed by atoms with van der Waals surface area (Å²) in [6, 6.07) is 7.53. The van der Waals surface area contributed by atoms with Gasteiger partial charge in [-0.25, -0.2) is 15.0 Å². The second kappa shape index (κ2) is 9.08. The monoisotopic (exact) mass is 449 g/mol. The molecule has 0 N–H and O–H groups in total. The average Bonchev–Trinajstić information content (AvgIpc) is 3.39. The van der Waals surface area contributed by atoms with Gasteiger partial charge in [0, 0.05) is 69.6 Å². The fourth-order valence-corrected chi connectivity index (χ4v) is 4.46. The fraction of sp³-hybridized carbons (Fsp3) is 0.348. The molecule has 8 nitrogen and oxygen atoms in total. The van der Waals surface area contributed by atoms with Crippen molar-refractivity contribution in [2.24, 2.45) is 0 Å². The molecule has 0 saturated carbocycles. The summed E-state index contributed by atoms with van der Waals surface area (Å²) in [5.74, 6) is 1.44. The molecule has 0 bridgehead atoms. The number of piperazine rings is 1. The van der Waals surface area contributed by atoms with Crippen LogP contribution in [0.2, 0.25) is 5.02 Å². The molecule has 2 aliphatic heterocycles. The van der Waals surface area contributed by atoms with Gasteiger partial charge in [0.2, 0.25) is 5.95 Å². The van der Waals surface area contributed by atoms with Gasteiger partial charge in [0.1, 0.15) is 5.82 Å². The van der Waals surface area contributed by atoms with Crippen molar-refractivity contribution in [3.8, 4) is 11.3 Å². The van der Waals surface area contributed by atoms with E-state index in [0.29, 0.717) is 22.4 Å². The van der Waals surface area contributed by atoms with Gasteiger partial charge in [0.25, 0.3) is 5.91 Å². The zero-order valence-electron chi connectivity index (χ0n) is 17.7. The van der Waals surface area contributed by atoms with Crippen molar-refractivity contribution in [2.75, 3.05) is 49.1 Å². The number of rotatable bonds is 4. The minimum absolute atomic E-state index is 0.0129. The number of likely N-dealkylation sites (tertiary alicyclic amines) is 1. The Balaban J connectivity index is 1.25. The summed E-state index contributed by atoms with van der Waals surface area (Å²) in [5, 5.41) is 0.512. The van der Waals surface area contributed by atoms with Gasteiger partial charge in [-0.1, -0.05) is 11.6 Å². The van der Waals surface area contributed by atoms with Crippen LogP contribution < -0.4 is 9.80 Å². The van der Waals surface area contributed by atoms with Crippen LogP contribution in [-0.4, -0.2) is 70.0 Å². The smallest absolute Gasteiger partial charge is 0.255 e. The van der Waals surface area contributed by atoms with Gasteiger partial charge >= 0.3 is 0 Å². The minimum Gasteiger partial charge on any atom is -0.352 e. The Morgan fingerprint density at radius 3 is 2.41 bits per heavy atom. The molecule has 9 heteroatoms. The maximum atomic E-state index is 12.6. The molecular formula is C23H24ClN7O. The van der Waals surface area contributed by atoms with Crippen LogP contribution >= 0.6 is 11.6 Å². The number of anilines is 2. The first-order valence-electron chi connectivity index (χ1n) is 10.9. The summed E-state index contributed by atoms with van der Waals surface area (Å²) < 4.78 is 0. The number of nitrogens with zero attached hydrogens (tertiary/aromatic N) is 7. The van der Waals surface area contributed by atoms with Crippen LogP contribution in [0, 0.1) is 0 Å². The lowest BCUT2D eigenvalue weighted by Crippen LogP contribution is -2.47. The molecule has 2 saturated heterocycles. The first-order chi connectivity index (χ1) is 15.7. The van der Waals surface area contributed by atoms with E-state index in [2.05, 4.69) is 24.8 Å². The Morgan fingerprint density at radius 1 is 0.906 bits per heavy atom. The molecule has 0 radical (unpaired) electrons. The zero-order valence-corrected chi connectivity index (χ0v) is 18.4. The van der Waals surface area contributed by atoms with Crippen LogP contribution in [0.15, 0.2) is 49.1 Å². The summed E-state index contributed by atoms with van der Waals surface area (Å²) in [6.45, 7) is 4.61. The third kappa shape index (κ3) is 4.23. The number of amides is 1. The van der Waals surface area contributed by atoms with E-state index in [4.69, 9.17) is 16.6 Å². The van der Waals surface area contributed by atoms with Crippen LogP contribution in [0.1, 0.15) is 23.2 Å². The second-order valence-corrected chi connectivity index (χ2v) is 8.39. The molecule has 5 heterocycles. The van der Waals surface area contributed by atoms with Gasteiger partial charge in [-0.05, 0) is 37.1 Å². The number of hydrogen-bond acceptors (Lipinski definition) is 7. The molecule has 0 aliphatic carbocycles. The van der Waals surface area contributed by atoms with Crippen LogP contribution in [0.25, 0.3) is 11.3 Å². The number of hydrogen-bond donors (Lipinski definition) is 0. The first-order valence-corrected chi connectivity index (χ1v) is 11.2. The van der Waals surface area contributed by atoms with Crippen molar-refractivity contribution in [3.63, 3.8) is 0 Å². The number of pyridine rings is 2. The molecule has 3 aromatic heterocycles. The SMILES string of the molecule is O=C(c1cnc(N2CCN(c3nccc(-c4cccnc4)n3)CC2)c(Cl)c1)N1CCCC1. The molecule has 0 atom stereocenters. The summed E-state index contributed by atoms with van der Waals surface area (Å²) in [7, 11) is 0. The van der Waals surface area contributed by atoms with Crippen molar-refractivity contribution in [2.45, 2.75) is 12.8 Å². The highest BCUT2D eigenvalue weighted by molar-refractivity contribution is 6.33. The molecule has 3 aromatic rings. The summed E-state index contributed by atoms with van der Waals surface area (Å²) in [6.07, 6.45) is 9.10.